The minimum absolute atomic E-state index is 0.300. The van der Waals surface area contributed by atoms with Gasteiger partial charge in [-0.15, -0.1) is 0 Å². The predicted molar refractivity (Wildman–Crippen MR) is 68.5 cm³/mol. The Kier molecular flexibility index (Phi) is 5.73. The molecule has 3 nitrogen and oxygen atoms in total. The minimum Gasteiger partial charge on any atom is -0.378 e. The summed E-state index contributed by atoms with van der Waals surface area (Å²) in [4.78, 5) is 2.58. The highest BCUT2D eigenvalue weighted by Gasteiger charge is 2.22. The van der Waals surface area contributed by atoms with Gasteiger partial charge in [-0.05, 0) is 37.8 Å². The molecule has 0 aliphatic carbocycles. The van der Waals surface area contributed by atoms with Crippen LogP contribution in [0, 0.1) is 5.41 Å². The average molecular weight is 228 g/mol. The molecule has 0 radical (unpaired) electrons. The maximum absolute atomic E-state index is 5.75. The summed E-state index contributed by atoms with van der Waals surface area (Å²) in [6.45, 7) is 11.6. The van der Waals surface area contributed by atoms with Crippen molar-refractivity contribution in [2.45, 2.75) is 46.1 Å². The van der Waals surface area contributed by atoms with Crippen LogP contribution in [0.25, 0.3) is 0 Å². The van der Waals surface area contributed by atoms with E-state index < -0.39 is 0 Å². The second kappa shape index (κ2) is 6.58. The van der Waals surface area contributed by atoms with Gasteiger partial charge in [0.15, 0.2) is 0 Å². The zero-order valence-corrected chi connectivity index (χ0v) is 11.2. The molecule has 16 heavy (non-hydrogen) atoms. The number of nitrogens with zero attached hydrogens (tertiary/aromatic N) is 1. The van der Waals surface area contributed by atoms with Crippen LogP contribution in [-0.2, 0) is 4.74 Å². The number of ether oxygens (including phenoxy) is 1. The fraction of sp³-hybridized carbons (Fsp3) is 1.00. The molecule has 0 aromatic rings. The molecule has 0 amide bonds. The summed E-state index contributed by atoms with van der Waals surface area (Å²) in [6, 6.07) is 0.634. The van der Waals surface area contributed by atoms with Gasteiger partial charge < -0.3 is 10.5 Å². The Hall–Kier alpha value is -0.120. The summed E-state index contributed by atoms with van der Waals surface area (Å²) in [6.07, 6.45) is 3.66. The van der Waals surface area contributed by atoms with Crippen molar-refractivity contribution in [1.82, 2.24) is 4.90 Å². The van der Waals surface area contributed by atoms with E-state index >= 15 is 0 Å². The second-order valence-corrected chi connectivity index (χ2v) is 5.64. The van der Waals surface area contributed by atoms with Crippen LogP contribution in [0.5, 0.6) is 0 Å². The first kappa shape index (κ1) is 13.9. The average Bonchev–Trinajstić information content (AvgIpc) is 2.29. The molecule has 0 bridgehead atoms. The maximum atomic E-state index is 5.75. The number of nitrogens with two attached hydrogens (primary N) is 1. The Morgan fingerprint density at radius 3 is 2.81 bits per heavy atom. The van der Waals surface area contributed by atoms with Gasteiger partial charge >= 0.3 is 0 Å². The van der Waals surface area contributed by atoms with Gasteiger partial charge in [-0.2, -0.15) is 0 Å². The van der Waals surface area contributed by atoms with Crippen molar-refractivity contribution < 1.29 is 4.74 Å². The van der Waals surface area contributed by atoms with E-state index in [1.807, 2.05) is 0 Å². The van der Waals surface area contributed by atoms with Gasteiger partial charge in [0.05, 0.1) is 13.2 Å². The van der Waals surface area contributed by atoms with Crippen LogP contribution >= 0.6 is 0 Å². The summed E-state index contributed by atoms with van der Waals surface area (Å²) >= 11 is 0. The van der Waals surface area contributed by atoms with E-state index in [1.54, 1.807) is 0 Å². The Labute approximate surface area is 100 Å². The van der Waals surface area contributed by atoms with Crippen molar-refractivity contribution in [2.75, 3.05) is 32.8 Å². The third-order valence-electron chi connectivity index (χ3n) is 3.67. The zero-order valence-electron chi connectivity index (χ0n) is 11.2. The van der Waals surface area contributed by atoms with Crippen LogP contribution in [0.4, 0.5) is 0 Å². The number of hydrogen-bond acceptors (Lipinski definition) is 3. The topological polar surface area (TPSA) is 38.5 Å². The standard InChI is InChI=1S/C13H28N2O/c1-4-12-10-16-9-8-15(12)7-5-6-13(2,3)11-14/h12H,4-11,14H2,1-3H3. The summed E-state index contributed by atoms with van der Waals surface area (Å²) < 4.78 is 5.51. The van der Waals surface area contributed by atoms with E-state index in [0.717, 1.165) is 26.3 Å². The van der Waals surface area contributed by atoms with E-state index in [-0.39, 0.29) is 0 Å². The first-order valence-electron chi connectivity index (χ1n) is 6.61. The Morgan fingerprint density at radius 2 is 2.19 bits per heavy atom. The molecular formula is C13H28N2O. The lowest BCUT2D eigenvalue weighted by molar-refractivity contribution is -0.0101. The Balaban J connectivity index is 2.25. The van der Waals surface area contributed by atoms with E-state index in [4.69, 9.17) is 10.5 Å². The molecule has 0 saturated carbocycles. The first-order chi connectivity index (χ1) is 7.59. The molecule has 0 aromatic carbocycles. The number of hydrogen-bond donors (Lipinski definition) is 1. The van der Waals surface area contributed by atoms with Gasteiger partial charge in [0.25, 0.3) is 0 Å². The quantitative estimate of drug-likeness (QED) is 0.754. The highest BCUT2D eigenvalue weighted by atomic mass is 16.5. The number of morpholine rings is 1. The predicted octanol–water partition coefficient (Wildman–Crippen LogP) is 1.86. The normalized spacial score (nSPS) is 23.6. The van der Waals surface area contributed by atoms with Crippen molar-refractivity contribution >= 4 is 0 Å². The van der Waals surface area contributed by atoms with Crippen LogP contribution < -0.4 is 5.73 Å². The SMILES string of the molecule is CCC1COCCN1CCCC(C)(C)CN. The third-order valence-corrected chi connectivity index (χ3v) is 3.67. The molecule has 2 N–H and O–H groups in total. The highest BCUT2D eigenvalue weighted by Crippen LogP contribution is 2.21. The van der Waals surface area contributed by atoms with Crippen molar-refractivity contribution in [3.8, 4) is 0 Å². The summed E-state index contributed by atoms with van der Waals surface area (Å²) in [7, 11) is 0. The lowest BCUT2D eigenvalue weighted by atomic mass is 9.88. The van der Waals surface area contributed by atoms with Gasteiger partial charge in [-0.1, -0.05) is 20.8 Å². The van der Waals surface area contributed by atoms with Crippen LogP contribution in [0.2, 0.25) is 0 Å². The summed E-state index contributed by atoms with van der Waals surface area (Å²) in [5, 5.41) is 0. The van der Waals surface area contributed by atoms with Crippen LogP contribution in [0.3, 0.4) is 0 Å². The first-order valence-corrected chi connectivity index (χ1v) is 6.61. The van der Waals surface area contributed by atoms with Crippen molar-refractivity contribution in [3.05, 3.63) is 0 Å². The van der Waals surface area contributed by atoms with Crippen LogP contribution in [0.15, 0.2) is 0 Å². The molecule has 1 aliphatic rings. The third kappa shape index (κ3) is 4.40. The van der Waals surface area contributed by atoms with Gasteiger partial charge in [0.1, 0.15) is 0 Å². The molecule has 1 fully saturated rings. The monoisotopic (exact) mass is 228 g/mol. The van der Waals surface area contributed by atoms with Crippen LogP contribution in [0.1, 0.15) is 40.0 Å². The summed E-state index contributed by atoms with van der Waals surface area (Å²) in [5.74, 6) is 0. The van der Waals surface area contributed by atoms with Crippen molar-refractivity contribution in [1.29, 1.82) is 0 Å². The molecule has 0 spiro atoms. The molecule has 1 saturated heterocycles. The van der Waals surface area contributed by atoms with E-state index in [0.29, 0.717) is 11.5 Å². The fourth-order valence-corrected chi connectivity index (χ4v) is 2.22. The molecule has 1 unspecified atom stereocenters. The Bertz CT molecular complexity index is 194. The van der Waals surface area contributed by atoms with Gasteiger partial charge in [-0.3, -0.25) is 4.90 Å². The molecule has 1 rings (SSSR count). The molecule has 96 valence electrons. The molecule has 1 heterocycles. The molecule has 1 aliphatic heterocycles. The second-order valence-electron chi connectivity index (χ2n) is 5.64. The smallest absolute Gasteiger partial charge is 0.0622 e. The minimum atomic E-state index is 0.300. The highest BCUT2D eigenvalue weighted by molar-refractivity contribution is 4.76. The molecule has 0 aromatic heterocycles. The molecular weight excluding hydrogens is 200 g/mol. The lowest BCUT2D eigenvalue weighted by Crippen LogP contribution is -2.45. The maximum Gasteiger partial charge on any atom is 0.0622 e. The van der Waals surface area contributed by atoms with E-state index in [2.05, 4.69) is 25.7 Å². The molecule has 3 heteroatoms. The van der Waals surface area contributed by atoms with E-state index in [9.17, 15) is 0 Å². The molecule has 1 atom stereocenters. The van der Waals surface area contributed by atoms with Crippen LogP contribution in [-0.4, -0.2) is 43.8 Å². The van der Waals surface area contributed by atoms with Crippen molar-refractivity contribution in [2.24, 2.45) is 11.1 Å². The lowest BCUT2D eigenvalue weighted by Gasteiger charge is -2.35. The summed E-state index contributed by atoms with van der Waals surface area (Å²) in [5.41, 5.74) is 6.04. The van der Waals surface area contributed by atoms with Gasteiger partial charge in [0.2, 0.25) is 0 Å². The number of rotatable bonds is 6. The van der Waals surface area contributed by atoms with E-state index in [1.165, 1.54) is 25.8 Å². The zero-order chi connectivity index (χ0) is 12.0. The van der Waals surface area contributed by atoms with Crippen molar-refractivity contribution in [3.63, 3.8) is 0 Å². The largest absolute Gasteiger partial charge is 0.378 e. The van der Waals surface area contributed by atoms with Gasteiger partial charge in [-0.25, -0.2) is 0 Å². The Morgan fingerprint density at radius 1 is 1.44 bits per heavy atom. The van der Waals surface area contributed by atoms with Gasteiger partial charge in [0, 0.05) is 12.6 Å². The fourth-order valence-electron chi connectivity index (χ4n) is 2.22.